The standard InChI is InChI=1S/C26H25FN4O3S/c27-24-15-19(5-8-25(24)30-14-11-28-18-30)17-29-26(32)21-9-12-31(13-10-21)35(33,34)23-7-6-20-3-1-2-4-22(20)16-23/h1-8,11,14-16,18,21H,9-10,12-13,17H2,(H,29,32). The topological polar surface area (TPSA) is 84.3 Å². The summed E-state index contributed by atoms with van der Waals surface area (Å²) < 4.78 is 43.8. The average molecular weight is 493 g/mol. The Morgan fingerprint density at radius 3 is 2.51 bits per heavy atom. The minimum absolute atomic E-state index is 0.146. The van der Waals surface area contributed by atoms with E-state index in [0.717, 1.165) is 10.8 Å². The summed E-state index contributed by atoms with van der Waals surface area (Å²) in [5.41, 5.74) is 1.04. The molecule has 1 amide bonds. The fourth-order valence-corrected chi connectivity index (χ4v) is 5.95. The van der Waals surface area contributed by atoms with Gasteiger partial charge in [-0.25, -0.2) is 17.8 Å². The molecule has 0 unspecified atom stereocenters. The van der Waals surface area contributed by atoms with Crippen LogP contribution in [0, 0.1) is 11.7 Å². The van der Waals surface area contributed by atoms with E-state index >= 15 is 0 Å². The van der Waals surface area contributed by atoms with E-state index in [-0.39, 0.29) is 36.4 Å². The molecule has 0 atom stereocenters. The second-order valence-electron chi connectivity index (χ2n) is 8.66. The average Bonchev–Trinajstić information content (AvgIpc) is 3.42. The maximum absolute atomic E-state index is 14.4. The molecule has 3 aromatic carbocycles. The number of halogens is 1. The van der Waals surface area contributed by atoms with Gasteiger partial charge in [-0.15, -0.1) is 0 Å². The van der Waals surface area contributed by atoms with E-state index in [1.807, 2.05) is 30.3 Å². The molecule has 0 saturated carbocycles. The van der Waals surface area contributed by atoms with Crippen molar-refractivity contribution < 1.29 is 17.6 Å². The molecule has 0 spiro atoms. The van der Waals surface area contributed by atoms with Crippen molar-refractivity contribution >= 4 is 26.7 Å². The zero-order valence-electron chi connectivity index (χ0n) is 19.0. The van der Waals surface area contributed by atoms with Gasteiger partial charge in [0.1, 0.15) is 5.82 Å². The Hall–Kier alpha value is -3.56. The summed E-state index contributed by atoms with van der Waals surface area (Å²) in [6, 6.07) is 17.6. The van der Waals surface area contributed by atoms with Crippen LogP contribution in [0.1, 0.15) is 18.4 Å². The monoisotopic (exact) mass is 492 g/mol. The molecule has 4 aromatic rings. The van der Waals surface area contributed by atoms with Gasteiger partial charge in [0.15, 0.2) is 0 Å². The smallest absolute Gasteiger partial charge is 0.243 e. The predicted molar refractivity (Wildman–Crippen MR) is 131 cm³/mol. The van der Waals surface area contributed by atoms with Crippen LogP contribution in [0.3, 0.4) is 0 Å². The molecule has 1 aliphatic heterocycles. The molecule has 0 radical (unpaired) electrons. The highest BCUT2D eigenvalue weighted by Gasteiger charge is 2.32. The van der Waals surface area contributed by atoms with Gasteiger partial charge in [-0.2, -0.15) is 4.31 Å². The quantitative estimate of drug-likeness (QED) is 0.443. The second-order valence-corrected chi connectivity index (χ2v) is 10.6. The van der Waals surface area contributed by atoms with Crippen molar-refractivity contribution in [1.29, 1.82) is 0 Å². The maximum atomic E-state index is 14.4. The van der Waals surface area contributed by atoms with Crippen molar-refractivity contribution in [2.45, 2.75) is 24.3 Å². The number of imidazole rings is 1. The first-order chi connectivity index (χ1) is 16.9. The van der Waals surface area contributed by atoms with Gasteiger partial charge in [0, 0.05) is 37.9 Å². The first-order valence-corrected chi connectivity index (χ1v) is 12.9. The zero-order valence-corrected chi connectivity index (χ0v) is 19.8. The van der Waals surface area contributed by atoms with Crippen LogP contribution in [-0.4, -0.2) is 41.3 Å². The van der Waals surface area contributed by atoms with Crippen molar-refractivity contribution in [2.24, 2.45) is 5.92 Å². The van der Waals surface area contributed by atoms with E-state index in [1.54, 1.807) is 41.2 Å². The predicted octanol–water partition coefficient (Wildman–Crippen LogP) is 3.88. The second kappa shape index (κ2) is 9.59. The highest BCUT2D eigenvalue weighted by atomic mass is 32.2. The Labute approximate surface area is 203 Å². The molecule has 0 bridgehead atoms. The molecule has 1 saturated heterocycles. The Morgan fingerprint density at radius 1 is 1.03 bits per heavy atom. The molecule has 1 fully saturated rings. The number of rotatable bonds is 6. The largest absolute Gasteiger partial charge is 0.352 e. The first-order valence-electron chi connectivity index (χ1n) is 11.5. The Morgan fingerprint density at radius 2 is 1.80 bits per heavy atom. The van der Waals surface area contributed by atoms with Crippen LogP contribution < -0.4 is 5.32 Å². The third-order valence-electron chi connectivity index (χ3n) is 6.44. The van der Waals surface area contributed by atoms with E-state index < -0.39 is 15.8 Å². The van der Waals surface area contributed by atoms with Crippen LogP contribution in [0.5, 0.6) is 0 Å². The summed E-state index contributed by atoms with van der Waals surface area (Å²) in [6.45, 7) is 0.762. The van der Waals surface area contributed by atoms with Gasteiger partial charge in [-0.05, 0) is 53.4 Å². The third-order valence-corrected chi connectivity index (χ3v) is 8.34. The number of carbonyl (C=O) groups excluding carboxylic acids is 1. The van der Waals surface area contributed by atoms with Gasteiger partial charge >= 0.3 is 0 Å². The molecule has 2 heterocycles. The van der Waals surface area contributed by atoms with Gasteiger partial charge in [0.25, 0.3) is 0 Å². The van der Waals surface area contributed by atoms with Crippen LogP contribution in [0.25, 0.3) is 16.5 Å². The highest BCUT2D eigenvalue weighted by molar-refractivity contribution is 7.89. The highest BCUT2D eigenvalue weighted by Crippen LogP contribution is 2.26. The molecule has 1 N–H and O–H groups in total. The minimum atomic E-state index is -3.63. The van der Waals surface area contributed by atoms with Gasteiger partial charge < -0.3 is 9.88 Å². The number of nitrogens with zero attached hydrogens (tertiary/aromatic N) is 3. The summed E-state index contributed by atoms with van der Waals surface area (Å²) in [7, 11) is -3.63. The number of hydrogen-bond acceptors (Lipinski definition) is 4. The summed E-state index contributed by atoms with van der Waals surface area (Å²) >= 11 is 0. The molecule has 5 rings (SSSR count). The molecule has 1 aromatic heterocycles. The van der Waals surface area contributed by atoms with Crippen molar-refractivity contribution in [3.05, 3.63) is 90.8 Å². The summed E-state index contributed by atoms with van der Waals surface area (Å²) in [6.07, 6.45) is 5.63. The number of amides is 1. The lowest BCUT2D eigenvalue weighted by Gasteiger charge is -2.30. The van der Waals surface area contributed by atoms with Gasteiger partial charge in [0.2, 0.25) is 15.9 Å². The normalized spacial score (nSPS) is 15.3. The molecule has 0 aliphatic carbocycles. The van der Waals surface area contributed by atoms with Crippen molar-refractivity contribution in [2.75, 3.05) is 13.1 Å². The number of hydrogen-bond donors (Lipinski definition) is 1. The van der Waals surface area contributed by atoms with Crippen LogP contribution >= 0.6 is 0 Å². The molecule has 7 nitrogen and oxygen atoms in total. The molecule has 9 heteroatoms. The Bertz CT molecular complexity index is 1460. The van der Waals surface area contributed by atoms with E-state index in [4.69, 9.17) is 0 Å². The van der Waals surface area contributed by atoms with Gasteiger partial charge in [0.05, 0.1) is 16.9 Å². The summed E-state index contributed by atoms with van der Waals surface area (Å²) in [5.74, 6) is -0.832. The maximum Gasteiger partial charge on any atom is 0.243 e. The zero-order chi connectivity index (χ0) is 24.4. The number of benzene rings is 3. The van der Waals surface area contributed by atoms with E-state index in [9.17, 15) is 17.6 Å². The minimum Gasteiger partial charge on any atom is -0.352 e. The number of piperidine rings is 1. The van der Waals surface area contributed by atoms with Gasteiger partial charge in [-0.3, -0.25) is 4.79 Å². The summed E-state index contributed by atoms with van der Waals surface area (Å²) in [5, 5.41) is 4.72. The van der Waals surface area contributed by atoms with Crippen molar-refractivity contribution in [3.63, 3.8) is 0 Å². The molecular weight excluding hydrogens is 467 g/mol. The van der Waals surface area contributed by atoms with E-state index in [0.29, 0.717) is 24.1 Å². The number of carbonyl (C=O) groups is 1. The van der Waals surface area contributed by atoms with Crippen LogP contribution in [-0.2, 0) is 21.4 Å². The molecule has 180 valence electrons. The van der Waals surface area contributed by atoms with Crippen molar-refractivity contribution in [3.8, 4) is 5.69 Å². The molecular formula is C26H25FN4O3S. The Kier molecular flexibility index (Phi) is 6.36. The summed E-state index contributed by atoms with van der Waals surface area (Å²) in [4.78, 5) is 16.9. The molecule has 1 aliphatic rings. The van der Waals surface area contributed by atoms with Gasteiger partial charge in [-0.1, -0.05) is 36.4 Å². The lowest BCUT2D eigenvalue weighted by atomic mass is 9.97. The van der Waals surface area contributed by atoms with Crippen LogP contribution in [0.2, 0.25) is 0 Å². The SMILES string of the molecule is O=C(NCc1ccc(-n2ccnc2)c(F)c1)C1CCN(S(=O)(=O)c2ccc3ccccc3c2)CC1. The van der Waals surface area contributed by atoms with Crippen molar-refractivity contribution in [1.82, 2.24) is 19.2 Å². The number of nitrogens with one attached hydrogen (secondary N) is 1. The fraction of sp³-hybridized carbons (Fsp3) is 0.231. The van der Waals surface area contributed by atoms with E-state index in [2.05, 4.69) is 10.3 Å². The van der Waals surface area contributed by atoms with Crippen LogP contribution in [0.4, 0.5) is 4.39 Å². The lowest BCUT2D eigenvalue weighted by Crippen LogP contribution is -2.42. The Balaban J connectivity index is 1.17. The third kappa shape index (κ3) is 4.82. The first kappa shape index (κ1) is 23.2. The lowest BCUT2D eigenvalue weighted by molar-refractivity contribution is -0.126. The molecule has 35 heavy (non-hydrogen) atoms. The number of sulfonamides is 1. The van der Waals surface area contributed by atoms with Crippen LogP contribution in [0.15, 0.2) is 84.3 Å². The van der Waals surface area contributed by atoms with E-state index in [1.165, 1.54) is 16.7 Å². The number of aromatic nitrogens is 2. The number of fused-ring (bicyclic) bond motifs is 1. The fourth-order valence-electron chi connectivity index (χ4n) is 4.44.